The fourth-order valence-corrected chi connectivity index (χ4v) is 3.71. The minimum atomic E-state index is -1.06. The van der Waals surface area contributed by atoms with Crippen LogP contribution in [0.5, 0.6) is 0 Å². The predicted molar refractivity (Wildman–Crippen MR) is 112 cm³/mol. The highest BCUT2D eigenvalue weighted by Crippen LogP contribution is 2.35. The van der Waals surface area contributed by atoms with E-state index in [1.54, 1.807) is 57.2 Å². The summed E-state index contributed by atoms with van der Waals surface area (Å²) in [6.45, 7) is 5.20. The average molecular weight is 442 g/mol. The van der Waals surface area contributed by atoms with Crippen LogP contribution in [-0.4, -0.2) is 22.6 Å². The van der Waals surface area contributed by atoms with Crippen LogP contribution < -0.4 is 5.32 Å². The Morgan fingerprint density at radius 2 is 1.89 bits per heavy atom. The topological polar surface area (TPSA) is 75.6 Å². The number of esters is 1. The Morgan fingerprint density at radius 3 is 2.46 bits per heavy atom. The van der Waals surface area contributed by atoms with Gasteiger partial charge in [0.05, 0.1) is 10.4 Å². The number of carbonyl (C=O) groups excluding carboxylic acids is 2. The van der Waals surface area contributed by atoms with E-state index in [0.717, 1.165) is 12.2 Å². The van der Waals surface area contributed by atoms with Crippen LogP contribution in [0, 0.1) is 0 Å². The molecule has 1 aromatic carbocycles. The van der Waals surface area contributed by atoms with Crippen molar-refractivity contribution < 1.29 is 19.4 Å². The van der Waals surface area contributed by atoms with Crippen LogP contribution in [0.3, 0.4) is 0 Å². The van der Waals surface area contributed by atoms with Crippen LogP contribution in [0.25, 0.3) is 0 Å². The molecule has 0 radical (unpaired) electrons. The fraction of sp³-hybridized carbons (Fsp3) is 0.300. The largest absolute Gasteiger partial charge is 0.457 e. The molecular weight excluding hydrogens is 421 g/mol. The Morgan fingerprint density at radius 1 is 1.18 bits per heavy atom. The maximum Gasteiger partial charge on any atom is 0.331 e. The third-order valence-electron chi connectivity index (χ3n) is 3.48. The van der Waals surface area contributed by atoms with Crippen molar-refractivity contribution in [1.82, 2.24) is 5.32 Å². The van der Waals surface area contributed by atoms with Crippen LogP contribution >= 0.6 is 34.5 Å². The second-order valence-corrected chi connectivity index (χ2v) is 9.18. The number of amides is 1. The lowest BCUT2D eigenvalue weighted by molar-refractivity contribution is -0.148. The molecular formula is C20H21Cl2NO4S. The number of aliphatic hydroxyl groups is 1. The molecule has 0 aliphatic carbocycles. The van der Waals surface area contributed by atoms with E-state index in [1.807, 2.05) is 0 Å². The second-order valence-electron chi connectivity index (χ2n) is 6.99. The molecule has 1 aromatic heterocycles. The molecule has 0 saturated carbocycles. The second kappa shape index (κ2) is 9.56. The molecule has 0 aliphatic heterocycles. The first-order valence-corrected chi connectivity index (χ1v) is 10.0. The number of halogens is 2. The van der Waals surface area contributed by atoms with E-state index in [-0.39, 0.29) is 0 Å². The standard InChI is InChI=1S/C20H21Cl2NO4S/c1-20(2,3)27-17(25)10-9-16(24)23-18(14-7-8-15(22)28-14)19(26)12-5-4-6-13(21)11-12/h4-11,18-19,26H,1-3H3,(H,23,24). The molecule has 1 amide bonds. The molecule has 1 heterocycles. The molecule has 8 heteroatoms. The van der Waals surface area contributed by atoms with Gasteiger partial charge in [-0.1, -0.05) is 35.3 Å². The zero-order chi connectivity index (χ0) is 20.9. The minimum Gasteiger partial charge on any atom is -0.457 e. The predicted octanol–water partition coefficient (Wildman–Crippen LogP) is 4.84. The van der Waals surface area contributed by atoms with Gasteiger partial charge in [-0.2, -0.15) is 0 Å². The Kier molecular flexibility index (Phi) is 7.66. The normalized spacial score (nSPS) is 13.9. The van der Waals surface area contributed by atoms with Crippen molar-refractivity contribution >= 4 is 46.4 Å². The monoisotopic (exact) mass is 441 g/mol. The lowest BCUT2D eigenvalue weighted by Gasteiger charge is -2.23. The molecule has 0 fully saturated rings. The van der Waals surface area contributed by atoms with Crippen LogP contribution in [0.1, 0.15) is 43.4 Å². The molecule has 2 N–H and O–H groups in total. The van der Waals surface area contributed by atoms with E-state index >= 15 is 0 Å². The van der Waals surface area contributed by atoms with Crippen molar-refractivity contribution in [1.29, 1.82) is 0 Å². The van der Waals surface area contributed by atoms with E-state index < -0.39 is 29.6 Å². The maximum absolute atomic E-state index is 12.3. The highest BCUT2D eigenvalue weighted by molar-refractivity contribution is 7.16. The van der Waals surface area contributed by atoms with Crippen LogP contribution in [0.15, 0.2) is 48.6 Å². The van der Waals surface area contributed by atoms with Crippen molar-refractivity contribution in [2.75, 3.05) is 0 Å². The highest BCUT2D eigenvalue weighted by atomic mass is 35.5. The van der Waals surface area contributed by atoms with Crippen molar-refractivity contribution in [3.63, 3.8) is 0 Å². The van der Waals surface area contributed by atoms with E-state index in [4.69, 9.17) is 27.9 Å². The van der Waals surface area contributed by atoms with Crippen molar-refractivity contribution in [3.05, 3.63) is 68.3 Å². The average Bonchev–Trinajstić information content (AvgIpc) is 3.02. The number of thiophene rings is 1. The SMILES string of the molecule is CC(C)(C)OC(=O)C=CC(=O)NC(c1ccc(Cl)s1)C(O)c1cccc(Cl)c1. The molecule has 2 unspecified atom stereocenters. The number of benzene rings is 1. The maximum atomic E-state index is 12.3. The van der Waals surface area contributed by atoms with E-state index in [2.05, 4.69) is 5.32 Å². The van der Waals surface area contributed by atoms with Gasteiger partial charge < -0.3 is 15.2 Å². The first-order chi connectivity index (χ1) is 13.0. The summed E-state index contributed by atoms with van der Waals surface area (Å²) in [6.07, 6.45) is 1.05. The molecule has 2 atom stereocenters. The Hall–Kier alpha value is -1.86. The Bertz CT molecular complexity index is 873. The third-order valence-corrected chi connectivity index (χ3v) is 5.03. The van der Waals surface area contributed by atoms with Gasteiger partial charge in [0, 0.05) is 22.1 Å². The van der Waals surface area contributed by atoms with Gasteiger partial charge in [0.1, 0.15) is 11.7 Å². The number of aliphatic hydroxyl groups excluding tert-OH is 1. The zero-order valence-electron chi connectivity index (χ0n) is 15.6. The van der Waals surface area contributed by atoms with E-state index in [0.29, 0.717) is 19.8 Å². The van der Waals surface area contributed by atoms with Crippen molar-refractivity contribution in [2.24, 2.45) is 0 Å². The summed E-state index contributed by atoms with van der Waals surface area (Å²) in [4.78, 5) is 24.7. The summed E-state index contributed by atoms with van der Waals surface area (Å²) in [5.74, 6) is -1.18. The number of hydrogen-bond acceptors (Lipinski definition) is 5. The highest BCUT2D eigenvalue weighted by Gasteiger charge is 2.26. The van der Waals surface area contributed by atoms with Gasteiger partial charge in [0.2, 0.25) is 5.91 Å². The molecule has 5 nitrogen and oxygen atoms in total. The van der Waals surface area contributed by atoms with Gasteiger partial charge in [0.15, 0.2) is 0 Å². The molecule has 0 bridgehead atoms. The molecule has 0 saturated heterocycles. The van der Waals surface area contributed by atoms with Crippen LogP contribution in [0.2, 0.25) is 9.36 Å². The Labute approximate surface area is 177 Å². The molecule has 28 heavy (non-hydrogen) atoms. The number of hydrogen-bond donors (Lipinski definition) is 2. The molecule has 0 spiro atoms. The summed E-state index contributed by atoms with van der Waals surface area (Å²) >= 11 is 13.3. The van der Waals surface area contributed by atoms with Gasteiger partial charge in [-0.25, -0.2) is 4.79 Å². The quantitative estimate of drug-likeness (QED) is 0.496. The first-order valence-electron chi connectivity index (χ1n) is 8.45. The van der Waals surface area contributed by atoms with Gasteiger partial charge >= 0.3 is 5.97 Å². The number of carbonyl (C=O) groups is 2. The Balaban J connectivity index is 2.18. The summed E-state index contributed by atoms with van der Waals surface area (Å²) in [5.41, 5.74) is -0.116. The van der Waals surface area contributed by atoms with E-state index in [1.165, 1.54) is 11.3 Å². The van der Waals surface area contributed by atoms with Gasteiger partial charge in [-0.15, -0.1) is 11.3 Å². The van der Waals surface area contributed by atoms with Crippen molar-refractivity contribution in [3.8, 4) is 0 Å². The fourth-order valence-electron chi connectivity index (χ4n) is 2.37. The summed E-state index contributed by atoms with van der Waals surface area (Å²) in [5, 5.41) is 14.0. The van der Waals surface area contributed by atoms with Gasteiger partial charge in [0.25, 0.3) is 0 Å². The number of rotatable bonds is 6. The summed E-state index contributed by atoms with van der Waals surface area (Å²) in [6, 6.07) is 9.37. The van der Waals surface area contributed by atoms with Gasteiger partial charge in [-0.3, -0.25) is 4.79 Å². The summed E-state index contributed by atoms with van der Waals surface area (Å²) in [7, 11) is 0. The molecule has 0 aliphatic rings. The lowest BCUT2D eigenvalue weighted by Crippen LogP contribution is -2.31. The lowest BCUT2D eigenvalue weighted by atomic mass is 10.0. The van der Waals surface area contributed by atoms with Crippen molar-refractivity contribution in [2.45, 2.75) is 38.5 Å². The first kappa shape index (κ1) is 22.4. The van der Waals surface area contributed by atoms with E-state index in [9.17, 15) is 14.7 Å². The number of nitrogens with one attached hydrogen (secondary N) is 1. The third kappa shape index (κ3) is 6.95. The minimum absolute atomic E-state index is 0.468. The van der Waals surface area contributed by atoms with Crippen LogP contribution in [0.4, 0.5) is 0 Å². The summed E-state index contributed by atoms with van der Waals surface area (Å²) < 4.78 is 5.65. The molecule has 2 rings (SSSR count). The van der Waals surface area contributed by atoms with Gasteiger partial charge in [-0.05, 0) is 50.6 Å². The van der Waals surface area contributed by atoms with Crippen LogP contribution in [-0.2, 0) is 14.3 Å². The molecule has 2 aromatic rings. The zero-order valence-corrected chi connectivity index (χ0v) is 17.9. The number of ether oxygens (including phenoxy) is 1. The smallest absolute Gasteiger partial charge is 0.331 e. The molecule has 150 valence electrons.